The number of rotatable bonds is 1. The maximum Gasteiger partial charge on any atom is -0.0386 e. The van der Waals surface area contributed by atoms with Gasteiger partial charge in [-0.15, -0.1) is 0 Å². The maximum atomic E-state index is 2.45. The van der Waals surface area contributed by atoms with Crippen molar-refractivity contribution < 1.29 is 0 Å². The van der Waals surface area contributed by atoms with Crippen LogP contribution in [0.1, 0.15) is 262 Å². The van der Waals surface area contributed by atoms with Gasteiger partial charge in [-0.05, 0) is 29.6 Å². The van der Waals surface area contributed by atoms with Crippen LogP contribution < -0.4 is 0 Å². The zero-order chi connectivity index (χ0) is 33.1. The fourth-order valence-corrected chi connectivity index (χ4v) is 7.50. The third kappa shape index (κ3) is 35.1. The molecule has 5 aliphatic rings. The first-order valence-corrected chi connectivity index (χ1v) is 21.6. The Morgan fingerprint density at radius 2 is 0.378 bits per heavy atom. The van der Waals surface area contributed by atoms with E-state index in [-0.39, 0.29) is 7.43 Å². The van der Waals surface area contributed by atoms with Crippen LogP contribution in [0.3, 0.4) is 0 Å². The van der Waals surface area contributed by atoms with E-state index in [1.165, 1.54) is 167 Å². The molecule has 5 saturated carbocycles. The van der Waals surface area contributed by atoms with Gasteiger partial charge in [0.1, 0.15) is 0 Å². The fraction of sp³-hybridized carbons (Fsp3) is 1.00. The predicted molar refractivity (Wildman–Crippen MR) is 214 cm³/mol. The van der Waals surface area contributed by atoms with E-state index in [9.17, 15) is 0 Å². The summed E-state index contributed by atoms with van der Waals surface area (Å²) in [4.78, 5) is 0. The SMILES string of the molecule is C.C1CC1.CC.CC.CC.CC1CCCC(C2CCCCCCC2)CCC1.CC1CCCCCCC1.CC1CCCCCCC1. The first kappa shape index (κ1) is 49.4. The molecule has 0 atom stereocenters. The molecule has 0 aromatic heterocycles. The van der Waals surface area contributed by atoms with Crippen molar-refractivity contribution in [3.8, 4) is 0 Å². The van der Waals surface area contributed by atoms with E-state index in [4.69, 9.17) is 0 Å². The smallest absolute Gasteiger partial charge is 0.0386 e. The van der Waals surface area contributed by atoms with Crippen molar-refractivity contribution in [3.05, 3.63) is 0 Å². The van der Waals surface area contributed by atoms with Gasteiger partial charge < -0.3 is 0 Å². The van der Waals surface area contributed by atoms with E-state index >= 15 is 0 Å². The molecule has 0 spiro atoms. The summed E-state index contributed by atoms with van der Waals surface area (Å²) in [7, 11) is 0. The Labute approximate surface area is 291 Å². The van der Waals surface area contributed by atoms with E-state index in [1.807, 2.05) is 41.5 Å². The first-order valence-electron chi connectivity index (χ1n) is 21.6. The van der Waals surface area contributed by atoms with Gasteiger partial charge in [-0.2, -0.15) is 0 Å². The minimum absolute atomic E-state index is 0. The normalized spacial score (nSPS) is 25.0. The molecular weight excluding hydrogens is 540 g/mol. The van der Waals surface area contributed by atoms with Crippen LogP contribution in [0.2, 0.25) is 0 Å². The molecule has 0 radical (unpaired) electrons. The molecule has 5 fully saturated rings. The Hall–Kier alpha value is 0. The predicted octanol–water partition coefficient (Wildman–Crippen LogP) is 17.6. The Bertz CT molecular complexity index is 436. The highest BCUT2D eigenvalue weighted by Gasteiger charge is 2.23. The zero-order valence-corrected chi connectivity index (χ0v) is 33.1. The molecular formula is C45H96. The highest BCUT2D eigenvalue weighted by Crippen LogP contribution is 2.36. The Morgan fingerprint density at radius 1 is 0.222 bits per heavy atom. The van der Waals surface area contributed by atoms with Crippen LogP contribution in [0, 0.1) is 29.6 Å². The van der Waals surface area contributed by atoms with Crippen molar-refractivity contribution >= 4 is 0 Å². The van der Waals surface area contributed by atoms with Gasteiger partial charge in [0.15, 0.2) is 0 Å². The topological polar surface area (TPSA) is 0 Å². The second-order valence-corrected chi connectivity index (χ2v) is 14.8. The summed E-state index contributed by atoms with van der Waals surface area (Å²) in [5, 5.41) is 0. The van der Waals surface area contributed by atoms with Crippen LogP contribution in [0.25, 0.3) is 0 Å². The standard InChI is InChI=1S/C17H32.2C9H18.C3H6.3C2H6.CH4/c1-15-9-7-13-17(14-8-10-15)16-11-5-3-2-4-6-12-16;2*1-9-7-5-3-2-4-6-8-9;1-2-3-1;3*1-2;/h15-17H,2-14H2,1H3;2*9H,2-8H2,1H3;1-3H2;3*1-2H3;1H4. The zero-order valence-electron chi connectivity index (χ0n) is 33.1. The second-order valence-electron chi connectivity index (χ2n) is 14.8. The monoisotopic (exact) mass is 637 g/mol. The molecule has 0 N–H and O–H groups in total. The average molecular weight is 637 g/mol. The van der Waals surface area contributed by atoms with E-state index in [0.29, 0.717) is 0 Å². The molecule has 0 nitrogen and oxygen atoms in total. The molecule has 0 amide bonds. The summed E-state index contributed by atoms with van der Waals surface area (Å²) in [6.45, 7) is 19.2. The Morgan fingerprint density at radius 3 is 0.622 bits per heavy atom. The first-order chi connectivity index (χ1) is 21.6. The second kappa shape index (κ2) is 40.2. The lowest BCUT2D eigenvalue weighted by Crippen LogP contribution is -2.18. The van der Waals surface area contributed by atoms with Gasteiger partial charge in [0, 0.05) is 0 Å². The van der Waals surface area contributed by atoms with Gasteiger partial charge in [-0.1, -0.05) is 262 Å². The van der Waals surface area contributed by atoms with Crippen molar-refractivity contribution in [1.29, 1.82) is 0 Å². The summed E-state index contributed by atoms with van der Waals surface area (Å²) < 4.78 is 0. The molecule has 0 heteroatoms. The maximum absolute atomic E-state index is 2.45. The molecule has 0 heterocycles. The highest BCUT2D eigenvalue weighted by atomic mass is 14.3. The van der Waals surface area contributed by atoms with Gasteiger partial charge in [0.2, 0.25) is 0 Å². The quantitative estimate of drug-likeness (QED) is 0.269. The molecule has 5 rings (SSSR count). The average Bonchev–Trinajstić information content (AvgIpc) is 3.89. The van der Waals surface area contributed by atoms with Gasteiger partial charge in [-0.3, -0.25) is 0 Å². The van der Waals surface area contributed by atoms with E-state index in [2.05, 4.69) is 20.8 Å². The van der Waals surface area contributed by atoms with Crippen LogP contribution in [-0.2, 0) is 0 Å². The molecule has 5 aliphatic carbocycles. The van der Waals surface area contributed by atoms with Crippen LogP contribution >= 0.6 is 0 Å². The van der Waals surface area contributed by atoms with Crippen LogP contribution in [0.15, 0.2) is 0 Å². The molecule has 0 aromatic carbocycles. The molecule has 0 unspecified atom stereocenters. The summed E-state index contributed by atoms with van der Waals surface area (Å²) in [6, 6.07) is 0. The van der Waals surface area contributed by atoms with Crippen molar-refractivity contribution in [2.24, 2.45) is 29.6 Å². The third-order valence-electron chi connectivity index (χ3n) is 10.5. The number of hydrogen-bond acceptors (Lipinski definition) is 0. The van der Waals surface area contributed by atoms with Crippen molar-refractivity contribution in [3.63, 3.8) is 0 Å². The summed E-state index contributed by atoms with van der Waals surface area (Å²) in [5.41, 5.74) is 0. The molecule has 276 valence electrons. The minimum atomic E-state index is 0. The van der Waals surface area contributed by atoms with E-state index in [1.54, 1.807) is 25.7 Å². The fourth-order valence-electron chi connectivity index (χ4n) is 7.50. The lowest BCUT2D eigenvalue weighted by atomic mass is 9.75. The van der Waals surface area contributed by atoms with Crippen molar-refractivity contribution in [2.45, 2.75) is 262 Å². The van der Waals surface area contributed by atoms with Crippen molar-refractivity contribution in [1.82, 2.24) is 0 Å². The largest absolute Gasteiger partial charge is 0.0776 e. The third-order valence-corrected chi connectivity index (χ3v) is 10.5. The van der Waals surface area contributed by atoms with E-state index < -0.39 is 0 Å². The van der Waals surface area contributed by atoms with Gasteiger partial charge in [0.05, 0.1) is 0 Å². The Kier molecular flexibility index (Phi) is 44.1. The Balaban J connectivity index is -0.000000539. The van der Waals surface area contributed by atoms with Crippen molar-refractivity contribution in [2.75, 3.05) is 0 Å². The molecule has 0 saturated heterocycles. The van der Waals surface area contributed by atoms with Gasteiger partial charge in [-0.25, -0.2) is 0 Å². The van der Waals surface area contributed by atoms with Crippen LogP contribution in [0.4, 0.5) is 0 Å². The van der Waals surface area contributed by atoms with Gasteiger partial charge in [0.25, 0.3) is 0 Å². The summed E-state index contributed by atoms with van der Waals surface area (Å²) in [6.07, 6.45) is 45.2. The molecule has 45 heavy (non-hydrogen) atoms. The van der Waals surface area contributed by atoms with E-state index in [0.717, 1.165) is 29.6 Å². The van der Waals surface area contributed by atoms with Gasteiger partial charge >= 0.3 is 0 Å². The minimum Gasteiger partial charge on any atom is -0.0776 e. The highest BCUT2D eigenvalue weighted by molar-refractivity contribution is 4.75. The summed E-state index contributed by atoms with van der Waals surface area (Å²) in [5.74, 6) is 5.24. The lowest BCUT2D eigenvalue weighted by molar-refractivity contribution is 0.210. The molecule has 0 bridgehead atoms. The lowest BCUT2D eigenvalue weighted by Gasteiger charge is -2.31. The molecule has 0 aromatic rings. The number of hydrogen-bond donors (Lipinski definition) is 0. The molecule has 0 aliphatic heterocycles. The van der Waals surface area contributed by atoms with Crippen LogP contribution in [-0.4, -0.2) is 0 Å². The summed E-state index contributed by atoms with van der Waals surface area (Å²) >= 11 is 0. The van der Waals surface area contributed by atoms with Crippen LogP contribution in [0.5, 0.6) is 0 Å².